The molecule has 5 heteroatoms. The Morgan fingerprint density at radius 1 is 1.55 bits per heavy atom. The minimum absolute atomic E-state index is 0.502. The third kappa shape index (κ3) is 1.24. The number of hydrogen-bond acceptors (Lipinski definition) is 4. The molecule has 1 rings (SSSR count). The summed E-state index contributed by atoms with van der Waals surface area (Å²) < 4.78 is 17.6. The Balaban J connectivity index is 2.71. The fourth-order valence-electron chi connectivity index (χ4n) is 1.03. The van der Waals surface area contributed by atoms with E-state index in [1.807, 2.05) is 0 Å². The van der Waals surface area contributed by atoms with Crippen molar-refractivity contribution >= 4 is 0 Å². The van der Waals surface area contributed by atoms with E-state index in [0.717, 1.165) is 6.92 Å². The van der Waals surface area contributed by atoms with Crippen molar-refractivity contribution in [1.29, 1.82) is 0 Å². The minimum atomic E-state index is -2.19. The number of rotatable bonds is 1. The molecule has 0 aromatic rings. The van der Waals surface area contributed by atoms with E-state index in [1.54, 1.807) is 0 Å². The normalized spacial score (nSPS) is 51.5. The molecule has 1 fully saturated rings. The van der Waals surface area contributed by atoms with Gasteiger partial charge in [0.25, 0.3) is 0 Å². The monoisotopic (exact) mass is 166 g/mol. The molecule has 0 aromatic heterocycles. The minimum Gasteiger partial charge on any atom is -0.394 e. The van der Waals surface area contributed by atoms with Gasteiger partial charge in [-0.1, -0.05) is 0 Å². The Labute approximate surface area is 63.2 Å². The van der Waals surface area contributed by atoms with Crippen LogP contribution in [0.5, 0.6) is 0 Å². The van der Waals surface area contributed by atoms with E-state index in [1.165, 1.54) is 0 Å². The van der Waals surface area contributed by atoms with Gasteiger partial charge in [-0.3, -0.25) is 0 Å². The van der Waals surface area contributed by atoms with Crippen molar-refractivity contribution in [2.45, 2.75) is 31.1 Å². The van der Waals surface area contributed by atoms with E-state index in [-0.39, 0.29) is 0 Å². The zero-order valence-corrected chi connectivity index (χ0v) is 6.07. The summed E-state index contributed by atoms with van der Waals surface area (Å²) in [6.45, 7) is 0.524. The lowest BCUT2D eigenvalue weighted by atomic mass is 10.0. The van der Waals surface area contributed by atoms with Gasteiger partial charge in [-0.25, -0.2) is 4.39 Å². The van der Waals surface area contributed by atoms with Gasteiger partial charge in [0.15, 0.2) is 12.0 Å². The van der Waals surface area contributed by atoms with Gasteiger partial charge >= 0.3 is 0 Å². The van der Waals surface area contributed by atoms with E-state index in [9.17, 15) is 4.39 Å². The molecule has 0 radical (unpaired) electrons. The Hall–Kier alpha value is -0.230. The standard InChI is InChI=1S/C6H11FO4/c1-6(7)4(9)3(2-8)11-5(6)10/h3-5,8-10H,2H2,1H3/t3-,4-,5+,6?/m1/s1. The van der Waals surface area contributed by atoms with Gasteiger partial charge in [0.1, 0.15) is 12.2 Å². The Morgan fingerprint density at radius 2 is 2.09 bits per heavy atom. The van der Waals surface area contributed by atoms with E-state index in [4.69, 9.17) is 15.3 Å². The van der Waals surface area contributed by atoms with Crippen molar-refractivity contribution in [3.8, 4) is 0 Å². The van der Waals surface area contributed by atoms with Crippen molar-refractivity contribution in [2.24, 2.45) is 0 Å². The lowest BCUT2D eigenvalue weighted by molar-refractivity contribution is -0.143. The summed E-state index contributed by atoms with van der Waals surface area (Å²) in [5.74, 6) is 0. The predicted octanol–water partition coefficient (Wildman–Crippen LogP) is -1.22. The molecular weight excluding hydrogens is 155 g/mol. The van der Waals surface area contributed by atoms with E-state index in [2.05, 4.69) is 4.74 Å². The average Bonchev–Trinajstić information content (AvgIpc) is 2.14. The van der Waals surface area contributed by atoms with Crippen LogP contribution in [0.2, 0.25) is 0 Å². The van der Waals surface area contributed by atoms with Crippen LogP contribution in [0.4, 0.5) is 4.39 Å². The van der Waals surface area contributed by atoms with Gasteiger partial charge < -0.3 is 20.1 Å². The maximum Gasteiger partial charge on any atom is 0.192 e. The molecule has 0 spiro atoms. The van der Waals surface area contributed by atoms with Gasteiger partial charge in [0.2, 0.25) is 0 Å². The highest BCUT2D eigenvalue weighted by molar-refractivity contribution is 4.96. The first-order valence-electron chi connectivity index (χ1n) is 3.31. The van der Waals surface area contributed by atoms with Crippen molar-refractivity contribution in [2.75, 3.05) is 6.61 Å². The van der Waals surface area contributed by atoms with Crippen molar-refractivity contribution in [3.63, 3.8) is 0 Å². The summed E-state index contributed by atoms with van der Waals surface area (Å²) in [5, 5.41) is 26.5. The number of hydrogen-bond donors (Lipinski definition) is 3. The fourth-order valence-corrected chi connectivity index (χ4v) is 1.03. The van der Waals surface area contributed by atoms with E-state index < -0.39 is 30.8 Å². The maximum absolute atomic E-state index is 13.1. The van der Waals surface area contributed by atoms with Crippen LogP contribution in [-0.2, 0) is 4.74 Å². The second kappa shape index (κ2) is 2.67. The Bertz CT molecular complexity index is 150. The van der Waals surface area contributed by atoms with Gasteiger partial charge in [-0.2, -0.15) is 0 Å². The largest absolute Gasteiger partial charge is 0.394 e. The first kappa shape index (κ1) is 8.86. The fraction of sp³-hybridized carbons (Fsp3) is 1.00. The number of halogens is 1. The summed E-state index contributed by atoms with van der Waals surface area (Å²) in [7, 11) is 0. The molecule has 0 aromatic carbocycles. The quantitative estimate of drug-likeness (QED) is 0.457. The second-order valence-electron chi connectivity index (χ2n) is 2.81. The van der Waals surface area contributed by atoms with E-state index >= 15 is 0 Å². The van der Waals surface area contributed by atoms with Crippen LogP contribution in [0.25, 0.3) is 0 Å². The smallest absolute Gasteiger partial charge is 0.192 e. The van der Waals surface area contributed by atoms with Gasteiger partial charge in [-0.05, 0) is 6.92 Å². The zero-order chi connectivity index (χ0) is 8.65. The average molecular weight is 166 g/mol. The molecule has 1 aliphatic heterocycles. The SMILES string of the molecule is CC1(F)[C@H](O)[C@@H](CO)O[C@@H]1O. The van der Waals surface area contributed by atoms with Crippen molar-refractivity contribution in [3.05, 3.63) is 0 Å². The first-order valence-corrected chi connectivity index (χ1v) is 3.31. The van der Waals surface area contributed by atoms with Crippen LogP contribution in [0, 0.1) is 0 Å². The lowest BCUT2D eigenvalue weighted by Crippen LogP contribution is -2.41. The zero-order valence-electron chi connectivity index (χ0n) is 6.07. The maximum atomic E-state index is 13.1. The molecule has 1 aliphatic rings. The van der Waals surface area contributed by atoms with Crippen LogP contribution >= 0.6 is 0 Å². The molecule has 4 atom stereocenters. The van der Waals surface area contributed by atoms with E-state index in [0.29, 0.717) is 0 Å². The summed E-state index contributed by atoms with van der Waals surface area (Å²) in [4.78, 5) is 0. The molecule has 0 amide bonds. The highest BCUT2D eigenvalue weighted by Gasteiger charge is 2.53. The van der Waals surface area contributed by atoms with Crippen LogP contribution in [0.3, 0.4) is 0 Å². The summed E-state index contributed by atoms with van der Waals surface area (Å²) in [6, 6.07) is 0. The van der Waals surface area contributed by atoms with Crippen LogP contribution in [-0.4, -0.2) is 46.1 Å². The number of aliphatic hydroxyl groups excluding tert-OH is 3. The van der Waals surface area contributed by atoms with Gasteiger partial charge in [0, 0.05) is 0 Å². The topological polar surface area (TPSA) is 69.9 Å². The number of alkyl halides is 1. The third-order valence-electron chi connectivity index (χ3n) is 1.90. The molecule has 11 heavy (non-hydrogen) atoms. The van der Waals surface area contributed by atoms with Crippen LogP contribution in [0.15, 0.2) is 0 Å². The Kier molecular flexibility index (Phi) is 2.15. The number of aliphatic hydroxyl groups is 3. The van der Waals surface area contributed by atoms with Crippen LogP contribution in [0.1, 0.15) is 6.92 Å². The second-order valence-corrected chi connectivity index (χ2v) is 2.81. The molecule has 3 N–H and O–H groups in total. The predicted molar refractivity (Wildman–Crippen MR) is 33.5 cm³/mol. The van der Waals surface area contributed by atoms with Crippen LogP contribution < -0.4 is 0 Å². The van der Waals surface area contributed by atoms with Gasteiger partial charge in [0.05, 0.1) is 6.61 Å². The molecule has 0 bridgehead atoms. The number of ether oxygens (including phenoxy) is 1. The first-order chi connectivity index (χ1) is 5.00. The Morgan fingerprint density at radius 3 is 2.27 bits per heavy atom. The van der Waals surface area contributed by atoms with Crippen molar-refractivity contribution in [1.82, 2.24) is 0 Å². The molecule has 0 saturated carbocycles. The molecule has 66 valence electrons. The summed E-state index contributed by atoms with van der Waals surface area (Å²) >= 11 is 0. The molecule has 4 nitrogen and oxygen atoms in total. The van der Waals surface area contributed by atoms with Crippen molar-refractivity contribution < 1.29 is 24.4 Å². The molecular formula is C6H11FO4. The molecule has 1 unspecified atom stereocenters. The van der Waals surface area contributed by atoms with Gasteiger partial charge in [-0.15, -0.1) is 0 Å². The third-order valence-corrected chi connectivity index (χ3v) is 1.90. The highest BCUT2D eigenvalue weighted by Crippen LogP contribution is 2.32. The summed E-state index contributed by atoms with van der Waals surface area (Å²) in [6.07, 6.45) is -4.16. The molecule has 0 aliphatic carbocycles. The lowest BCUT2D eigenvalue weighted by Gasteiger charge is -2.19. The highest BCUT2D eigenvalue weighted by atomic mass is 19.1. The molecule has 1 saturated heterocycles. The molecule has 1 heterocycles. The summed E-state index contributed by atoms with van der Waals surface area (Å²) in [5.41, 5.74) is -2.19.